The smallest absolute Gasteiger partial charge is 0.225 e. The number of carbonyl (C=O) groups is 2. The Hall–Kier alpha value is -2.70. The Morgan fingerprint density at radius 2 is 2.04 bits per heavy atom. The summed E-state index contributed by atoms with van der Waals surface area (Å²) in [5.74, 6) is -0.0722. The van der Waals surface area contributed by atoms with Gasteiger partial charge in [0.25, 0.3) is 0 Å². The molecule has 2 aromatic rings. The summed E-state index contributed by atoms with van der Waals surface area (Å²) in [6.07, 6.45) is 4.47. The number of hydrogen-bond donors (Lipinski definition) is 0. The van der Waals surface area contributed by atoms with Crippen molar-refractivity contribution in [2.24, 2.45) is 7.05 Å². The van der Waals surface area contributed by atoms with E-state index in [1.54, 1.807) is 23.0 Å². The number of fused-ring (bicyclic) bond motifs is 1. The lowest BCUT2D eigenvalue weighted by Gasteiger charge is -2.25. The number of aromatic nitrogens is 2. The minimum Gasteiger partial charge on any atom is -0.337 e. The van der Waals surface area contributed by atoms with Crippen molar-refractivity contribution in [3.63, 3.8) is 0 Å². The zero-order chi connectivity index (χ0) is 19.7. The molecule has 2 atom stereocenters. The molecule has 7 heteroatoms. The van der Waals surface area contributed by atoms with Gasteiger partial charge in [-0.1, -0.05) is 18.2 Å². The van der Waals surface area contributed by atoms with E-state index in [4.69, 9.17) is 0 Å². The standard InChI is InChI=1S/C21H25FN4O2/c1-24-16(8-11-23-24)6-7-20(27)26-13-10-18-19(26)14-21(28)25(18)12-9-15-4-2-3-5-17(15)22/h2-5,8,11,18-19H,6-7,9-10,12-14H2,1H3/t18-,19-/m0/s1. The number of halogens is 1. The molecule has 0 unspecified atom stereocenters. The Bertz CT molecular complexity index is 881. The summed E-state index contributed by atoms with van der Waals surface area (Å²) in [6.45, 7) is 1.18. The maximum absolute atomic E-state index is 13.9. The van der Waals surface area contributed by atoms with Crippen molar-refractivity contribution >= 4 is 11.8 Å². The summed E-state index contributed by atoms with van der Waals surface area (Å²) in [4.78, 5) is 29.0. The highest BCUT2D eigenvalue weighted by Gasteiger charge is 2.47. The minimum atomic E-state index is -0.232. The zero-order valence-electron chi connectivity index (χ0n) is 16.1. The fraction of sp³-hybridized carbons (Fsp3) is 0.476. The molecule has 6 nitrogen and oxygen atoms in total. The van der Waals surface area contributed by atoms with Crippen LogP contribution in [-0.2, 0) is 29.5 Å². The second-order valence-electron chi connectivity index (χ2n) is 7.59. The van der Waals surface area contributed by atoms with Gasteiger partial charge in [0.05, 0.1) is 12.1 Å². The largest absolute Gasteiger partial charge is 0.337 e. The zero-order valence-corrected chi connectivity index (χ0v) is 16.1. The van der Waals surface area contributed by atoms with E-state index in [1.165, 1.54) is 6.07 Å². The highest BCUT2D eigenvalue weighted by molar-refractivity contribution is 5.83. The Labute approximate surface area is 163 Å². The van der Waals surface area contributed by atoms with E-state index in [0.717, 1.165) is 12.1 Å². The quantitative estimate of drug-likeness (QED) is 0.765. The molecular formula is C21H25FN4O2. The Morgan fingerprint density at radius 3 is 2.79 bits per heavy atom. The topological polar surface area (TPSA) is 58.4 Å². The van der Waals surface area contributed by atoms with Crippen LogP contribution in [0, 0.1) is 5.82 Å². The predicted molar refractivity (Wildman–Crippen MR) is 102 cm³/mol. The van der Waals surface area contributed by atoms with Gasteiger partial charge in [-0.05, 0) is 37.0 Å². The van der Waals surface area contributed by atoms with Crippen molar-refractivity contribution in [3.05, 3.63) is 53.6 Å². The summed E-state index contributed by atoms with van der Waals surface area (Å²) in [5.41, 5.74) is 1.65. The van der Waals surface area contributed by atoms with E-state index in [0.29, 0.717) is 44.3 Å². The monoisotopic (exact) mass is 384 g/mol. The van der Waals surface area contributed by atoms with Crippen LogP contribution in [0.5, 0.6) is 0 Å². The lowest BCUT2D eigenvalue weighted by Crippen LogP contribution is -2.40. The molecule has 28 heavy (non-hydrogen) atoms. The Kier molecular flexibility index (Phi) is 5.15. The summed E-state index contributed by atoms with van der Waals surface area (Å²) in [6, 6.07) is 8.61. The number of amides is 2. The van der Waals surface area contributed by atoms with Crippen molar-refractivity contribution in [1.82, 2.24) is 19.6 Å². The van der Waals surface area contributed by atoms with Crippen LogP contribution >= 0.6 is 0 Å². The SMILES string of the molecule is Cn1nccc1CCC(=O)N1CC[C@H]2[C@@H]1CC(=O)N2CCc1ccccc1F. The first-order valence-corrected chi connectivity index (χ1v) is 9.84. The first kappa shape index (κ1) is 18.7. The van der Waals surface area contributed by atoms with Gasteiger partial charge in [0.15, 0.2) is 0 Å². The molecule has 0 spiro atoms. The number of likely N-dealkylation sites (tertiary alicyclic amines) is 2. The molecule has 148 valence electrons. The summed E-state index contributed by atoms with van der Waals surface area (Å²) >= 11 is 0. The molecule has 0 bridgehead atoms. The number of aryl methyl sites for hydroxylation is 2. The van der Waals surface area contributed by atoms with Crippen LogP contribution in [0.15, 0.2) is 36.5 Å². The molecule has 3 heterocycles. The number of benzene rings is 1. The Balaban J connectivity index is 1.36. The van der Waals surface area contributed by atoms with Gasteiger partial charge in [-0.25, -0.2) is 4.39 Å². The first-order valence-electron chi connectivity index (χ1n) is 9.84. The van der Waals surface area contributed by atoms with Gasteiger partial charge in [-0.3, -0.25) is 14.3 Å². The highest BCUT2D eigenvalue weighted by atomic mass is 19.1. The van der Waals surface area contributed by atoms with Gasteiger partial charge in [-0.2, -0.15) is 5.10 Å². The maximum atomic E-state index is 13.9. The average molecular weight is 384 g/mol. The average Bonchev–Trinajstić information content (AvgIpc) is 3.35. The van der Waals surface area contributed by atoms with E-state index in [9.17, 15) is 14.0 Å². The lowest BCUT2D eigenvalue weighted by molar-refractivity contribution is -0.132. The van der Waals surface area contributed by atoms with Gasteiger partial charge in [0, 0.05) is 44.9 Å². The van der Waals surface area contributed by atoms with Crippen molar-refractivity contribution in [3.8, 4) is 0 Å². The maximum Gasteiger partial charge on any atom is 0.225 e. The highest BCUT2D eigenvalue weighted by Crippen LogP contribution is 2.33. The molecule has 1 aromatic heterocycles. The third-order valence-corrected chi connectivity index (χ3v) is 6.03. The molecule has 1 aromatic carbocycles. The summed E-state index contributed by atoms with van der Waals surface area (Å²) in [5, 5.41) is 4.13. The van der Waals surface area contributed by atoms with Crippen LogP contribution < -0.4 is 0 Å². The van der Waals surface area contributed by atoms with E-state index in [2.05, 4.69) is 5.10 Å². The molecule has 0 N–H and O–H groups in total. The summed E-state index contributed by atoms with van der Waals surface area (Å²) in [7, 11) is 1.87. The summed E-state index contributed by atoms with van der Waals surface area (Å²) < 4.78 is 15.6. The second-order valence-corrected chi connectivity index (χ2v) is 7.59. The molecule has 0 saturated carbocycles. The van der Waals surface area contributed by atoms with Gasteiger partial charge in [0.2, 0.25) is 11.8 Å². The number of hydrogen-bond acceptors (Lipinski definition) is 3. The molecule has 2 aliphatic rings. The fourth-order valence-electron chi connectivity index (χ4n) is 4.50. The van der Waals surface area contributed by atoms with Crippen LogP contribution in [0.3, 0.4) is 0 Å². The van der Waals surface area contributed by atoms with Crippen molar-refractivity contribution in [1.29, 1.82) is 0 Å². The third-order valence-electron chi connectivity index (χ3n) is 6.03. The van der Waals surface area contributed by atoms with E-state index >= 15 is 0 Å². The molecule has 4 rings (SSSR count). The normalized spacial score (nSPS) is 21.4. The van der Waals surface area contributed by atoms with Gasteiger partial charge < -0.3 is 9.80 Å². The van der Waals surface area contributed by atoms with Gasteiger partial charge >= 0.3 is 0 Å². The van der Waals surface area contributed by atoms with Gasteiger partial charge in [-0.15, -0.1) is 0 Å². The van der Waals surface area contributed by atoms with Crippen molar-refractivity contribution in [2.75, 3.05) is 13.1 Å². The van der Waals surface area contributed by atoms with E-state index < -0.39 is 0 Å². The number of rotatable bonds is 6. The molecule has 0 aliphatic carbocycles. The molecule has 2 fully saturated rings. The van der Waals surface area contributed by atoms with E-state index in [1.807, 2.05) is 29.0 Å². The number of nitrogens with zero attached hydrogens (tertiary/aromatic N) is 4. The third kappa shape index (κ3) is 3.53. The van der Waals surface area contributed by atoms with Crippen LogP contribution in [-0.4, -0.2) is 56.6 Å². The molecule has 0 radical (unpaired) electrons. The Morgan fingerprint density at radius 1 is 1.21 bits per heavy atom. The molecule has 2 amide bonds. The predicted octanol–water partition coefficient (Wildman–Crippen LogP) is 1.94. The van der Waals surface area contributed by atoms with Crippen LogP contribution in [0.4, 0.5) is 4.39 Å². The van der Waals surface area contributed by atoms with Crippen molar-refractivity contribution < 1.29 is 14.0 Å². The lowest BCUT2D eigenvalue weighted by atomic mass is 10.1. The fourth-order valence-corrected chi connectivity index (χ4v) is 4.50. The first-order chi connectivity index (χ1) is 13.5. The molecule has 2 aliphatic heterocycles. The van der Waals surface area contributed by atoms with Crippen LogP contribution in [0.25, 0.3) is 0 Å². The van der Waals surface area contributed by atoms with Crippen LogP contribution in [0.2, 0.25) is 0 Å². The van der Waals surface area contributed by atoms with Crippen molar-refractivity contribution in [2.45, 2.75) is 44.2 Å². The van der Waals surface area contributed by atoms with E-state index in [-0.39, 0.29) is 29.7 Å². The minimum absolute atomic E-state index is 0.0489. The molecule has 2 saturated heterocycles. The van der Waals surface area contributed by atoms with Crippen LogP contribution in [0.1, 0.15) is 30.5 Å². The van der Waals surface area contributed by atoms with Gasteiger partial charge in [0.1, 0.15) is 5.82 Å². The molecular weight excluding hydrogens is 359 g/mol. The number of carbonyl (C=O) groups excluding carboxylic acids is 2. The second kappa shape index (κ2) is 7.73.